The maximum Gasteiger partial charge on any atom is 0.127 e. The van der Waals surface area contributed by atoms with Gasteiger partial charge in [-0.05, 0) is 37.3 Å². The summed E-state index contributed by atoms with van der Waals surface area (Å²) in [6.45, 7) is 2.22. The van der Waals surface area contributed by atoms with E-state index in [4.69, 9.17) is 5.26 Å². The van der Waals surface area contributed by atoms with Crippen molar-refractivity contribution in [3.05, 3.63) is 23.9 Å². The number of aromatic nitrogens is 1. The number of nitrogens with one attached hydrogen (secondary N) is 1. The molecule has 1 aliphatic carbocycles. The lowest BCUT2D eigenvalue weighted by atomic mass is 9.83. The second-order valence-electron chi connectivity index (χ2n) is 5.10. The minimum absolute atomic E-state index is 0.492. The molecule has 0 radical (unpaired) electrons. The summed E-state index contributed by atoms with van der Waals surface area (Å²) in [6.07, 6.45) is 9.56. The summed E-state index contributed by atoms with van der Waals surface area (Å²) in [6, 6.07) is 6.23. The lowest BCUT2D eigenvalue weighted by molar-refractivity contribution is 0.312. The van der Waals surface area contributed by atoms with Crippen molar-refractivity contribution >= 4 is 5.82 Å². The molecule has 1 aromatic heterocycles. The quantitative estimate of drug-likeness (QED) is 0.876. The minimum atomic E-state index is 0.492. The Bertz CT molecular complexity index is 416. The van der Waals surface area contributed by atoms with E-state index in [1.165, 1.54) is 32.1 Å². The maximum absolute atomic E-state index is 8.90. The number of pyridine rings is 1. The van der Waals surface area contributed by atoms with E-state index < -0.39 is 0 Å². The molecule has 0 saturated heterocycles. The smallest absolute Gasteiger partial charge is 0.127 e. The Labute approximate surface area is 109 Å². The van der Waals surface area contributed by atoms with Gasteiger partial charge in [-0.3, -0.25) is 0 Å². The zero-order chi connectivity index (χ0) is 12.8. The lowest BCUT2D eigenvalue weighted by Crippen LogP contribution is -2.30. The van der Waals surface area contributed by atoms with Crippen molar-refractivity contribution < 1.29 is 0 Å². The van der Waals surface area contributed by atoms with Gasteiger partial charge in [-0.25, -0.2) is 4.98 Å². The second-order valence-corrected chi connectivity index (χ2v) is 5.10. The lowest BCUT2D eigenvalue weighted by Gasteiger charge is -2.30. The predicted molar refractivity (Wildman–Crippen MR) is 73.2 cm³/mol. The molecule has 1 fully saturated rings. The standard InChI is InChI=1S/C15H21N3/c1-2-14(13-6-4-3-5-7-13)18-15-10-12(11-16)8-9-17-15/h8-10,13-14H,2-7H2,1H3,(H,17,18). The number of rotatable bonds is 4. The maximum atomic E-state index is 8.90. The van der Waals surface area contributed by atoms with Crippen LogP contribution in [0.2, 0.25) is 0 Å². The molecule has 0 bridgehead atoms. The first-order valence-electron chi connectivity index (χ1n) is 6.96. The highest BCUT2D eigenvalue weighted by molar-refractivity contribution is 5.43. The van der Waals surface area contributed by atoms with E-state index in [1.807, 2.05) is 6.07 Å². The van der Waals surface area contributed by atoms with Gasteiger partial charge in [-0.15, -0.1) is 0 Å². The summed E-state index contributed by atoms with van der Waals surface area (Å²) in [5.41, 5.74) is 0.672. The molecule has 0 spiro atoms. The van der Waals surface area contributed by atoms with Gasteiger partial charge in [0.15, 0.2) is 0 Å². The first kappa shape index (κ1) is 12.9. The molecular formula is C15H21N3. The fourth-order valence-electron chi connectivity index (χ4n) is 2.86. The van der Waals surface area contributed by atoms with Crippen LogP contribution >= 0.6 is 0 Å². The molecular weight excluding hydrogens is 222 g/mol. The third-order valence-electron chi connectivity index (χ3n) is 3.88. The monoisotopic (exact) mass is 243 g/mol. The van der Waals surface area contributed by atoms with E-state index >= 15 is 0 Å². The summed E-state index contributed by atoms with van der Waals surface area (Å²) in [5.74, 6) is 1.60. The van der Waals surface area contributed by atoms with Crippen LogP contribution < -0.4 is 5.32 Å². The van der Waals surface area contributed by atoms with Crippen molar-refractivity contribution in [1.29, 1.82) is 5.26 Å². The van der Waals surface area contributed by atoms with Crippen LogP contribution in [0.3, 0.4) is 0 Å². The molecule has 1 aromatic rings. The van der Waals surface area contributed by atoms with Gasteiger partial charge in [-0.2, -0.15) is 5.26 Å². The molecule has 0 aliphatic heterocycles. The van der Waals surface area contributed by atoms with Gasteiger partial charge in [-0.1, -0.05) is 26.2 Å². The highest BCUT2D eigenvalue weighted by atomic mass is 15.0. The van der Waals surface area contributed by atoms with Crippen LogP contribution in [0.5, 0.6) is 0 Å². The number of hydrogen-bond donors (Lipinski definition) is 1. The Kier molecular flexibility index (Phi) is 4.58. The molecule has 1 saturated carbocycles. The topological polar surface area (TPSA) is 48.7 Å². The summed E-state index contributed by atoms with van der Waals surface area (Å²) >= 11 is 0. The van der Waals surface area contributed by atoms with Crippen molar-refractivity contribution in [3.63, 3.8) is 0 Å². The third-order valence-corrected chi connectivity index (χ3v) is 3.88. The van der Waals surface area contributed by atoms with Crippen LogP contribution in [0.25, 0.3) is 0 Å². The SMILES string of the molecule is CCC(Nc1cc(C#N)ccn1)C1CCCCC1. The highest BCUT2D eigenvalue weighted by Crippen LogP contribution is 2.29. The fourth-order valence-corrected chi connectivity index (χ4v) is 2.86. The van der Waals surface area contributed by atoms with Gasteiger partial charge in [0.05, 0.1) is 11.6 Å². The molecule has 0 aromatic carbocycles. The number of anilines is 1. The Morgan fingerprint density at radius 2 is 2.22 bits per heavy atom. The molecule has 1 atom stereocenters. The van der Waals surface area contributed by atoms with Crippen LogP contribution in [0.1, 0.15) is 51.0 Å². The van der Waals surface area contributed by atoms with Gasteiger partial charge >= 0.3 is 0 Å². The second kappa shape index (κ2) is 6.39. The van der Waals surface area contributed by atoms with Crippen molar-refractivity contribution in [2.24, 2.45) is 5.92 Å². The zero-order valence-electron chi connectivity index (χ0n) is 11.0. The fraction of sp³-hybridized carbons (Fsp3) is 0.600. The Morgan fingerprint density at radius 1 is 1.44 bits per heavy atom. The highest BCUT2D eigenvalue weighted by Gasteiger charge is 2.22. The minimum Gasteiger partial charge on any atom is -0.367 e. The van der Waals surface area contributed by atoms with E-state index in [9.17, 15) is 0 Å². The van der Waals surface area contributed by atoms with Gasteiger partial charge in [0.25, 0.3) is 0 Å². The molecule has 1 aliphatic rings. The normalized spacial score (nSPS) is 18.0. The molecule has 1 unspecified atom stereocenters. The van der Waals surface area contributed by atoms with Gasteiger partial charge in [0.2, 0.25) is 0 Å². The zero-order valence-corrected chi connectivity index (χ0v) is 11.0. The van der Waals surface area contributed by atoms with Crippen LogP contribution in [-0.4, -0.2) is 11.0 Å². The van der Waals surface area contributed by atoms with E-state index in [0.29, 0.717) is 11.6 Å². The number of nitriles is 1. The molecule has 0 amide bonds. The van der Waals surface area contributed by atoms with Crippen molar-refractivity contribution in [2.45, 2.75) is 51.5 Å². The predicted octanol–water partition coefficient (Wildman–Crippen LogP) is 3.72. The Balaban J connectivity index is 2.02. The van der Waals surface area contributed by atoms with Crippen LogP contribution in [0.4, 0.5) is 5.82 Å². The summed E-state index contributed by atoms with van der Waals surface area (Å²) < 4.78 is 0. The number of nitrogens with zero attached hydrogens (tertiary/aromatic N) is 2. The summed E-state index contributed by atoms with van der Waals surface area (Å²) in [7, 11) is 0. The molecule has 18 heavy (non-hydrogen) atoms. The molecule has 3 heteroatoms. The molecule has 1 heterocycles. The van der Waals surface area contributed by atoms with Crippen molar-refractivity contribution in [2.75, 3.05) is 5.32 Å². The third kappa shape index (κ3) is 3.22. The van der Waals surface area contributed by atoms with Crippen molar-refractivity contribution in [3.8, 4) is 6.07 Å². The van der Waals surface area contributed by atoms with E-state index in [-0.39, 0.29) is 0 Å². The number of hydrogen-bond acceptors (Lipinski definition) is 3. The first-order chi connectivity index (χ1) is 8.83. The first-order valence-corrected chi connectivity index (χ1v) is 6.96. The molecule has 3 nitrogen and oxygen atoms in total. The van der Waals surface area contributed by atoms with Crippen molar-refractivity contribution in [1.82, 2.24) is 4.98 Å². The molecule has 2 rings (SSSR count). The van der Waals surface area contributed by atoms with Crippen LogP contribution in [0, 0.1) is 17.2 Å². The van der Waals surface area contributed by atoms with Gasteiger partial charge in [0.1, 0.15) is 5.82 Å². The Hall–Kier alpha value is -1.56. The van der Waals surface area contributed by atoms with Gasteiger partial charge < -0.3 is 5.32 Å². The van der Waals surface area contributed by atoms with Crippen LogP contribution in [-0.2, 0) is 0 Å². The summed E-state index contributed by atoms with van der Waals surface area (Å²) in [4.78, 5) is 4.31. The summed E-state index contributed by atoms with van der Waals surface area (Å²) in [5, 5.41) is 12.4. The van der Waals surface area contributed by atoms with E-state index in [1.54, 1.807) is 12.3 Å². The van der Waals surface area contributed by atoms with E-state index in [2.05, 4.69) is 23.3 Å². The largest absolute Gasteiger partial charge is 0.367 e. The Morgan fingerprint density at radius 3 is 2.89 bits per heavy atom. The molecule has 1 N–H and O–H groups in total. The average Bonchev–Trinajstić information content (AvgIpc) is 2.46. The van der Waals surface area contributed by atoms with E-state index in [0.717, 1.165) is 18.2 Å². The molecule has 96 valence electrons. The van der Waals surface area contributed by atoms with Gasteiger partial charge in [0, 0.05) is 12.2 Å². The average molecular weight is 243 g/mol. The van der Waals surface area contributed by atoms with Crippen LogP contribution in [0.15, 0.2) is 18.3 Å².